The van der Waals surface area contributed by atoms with Gasteiger partial charge in [0, 0.05) is 6.42 Å². The summed E-state index contributed by atoms with van der Waals surface area (Å²) in [5.74, 6) is -0.154. The molecule has 1 nitrogen and oxygen atoms in total. The first kappa shape index (κ1) is 10.3. The second-order valence-electron chi connectivity index (χ2n) is 4.30. The summed E-state index contributed by atoms with van der Waals surface area (Å²) in [6.45, 7) is 1.90. The predicted molar refractivity (Wildman–Crippen MR) is 57.5 cm³/mol. The molecule has 1 aromatic carbocycles. The van der Waals surface area contributed by atoms with E-state index in [2.05, 4.69) is 0 Å². The molecule has 0 saturated heterocycles. The van der Waals surface area contributed by atoms with Crippen LogP contribution in [-0.4, -0.2) is 6.29 Å². The maximum atomic E-state index is 13.7. The summed E-state index contributed by atoms with van der Waals surface area (Å²) in [6.07, 6.45) is 4.43. The van der Waals surface area contributed by atoms with Crippen LogP contribution in [0.15, 0.2) is 12.1 Å². The smallest absolute Gasteiger partial charge is 0.126 e. The summed E-state index contributed by atoms with van der Waals surface area (Å²) in [4.78, 5) is 10.4. The van der Waals surface area contributed by atoms with E-state index in [9.17, 15) is 9.18 Å². The average Bonchev–Trinajstić information content (AvgIpc) is 2.63. The molecule has 1 unspecified atom stereocenters. The quantitative estimate of drug-likeness (QED) is 0.695. The first-order valence-corrected chi connectivity index (χ1v) is 5.47. The molecule has 2 rings (SSSR count). The van der Waals surface area contributed by atoms with Crippen LogP contribution in [0.4, 0.5) is 4.39 Å². The van der Waals surface area contributed by atoms with Crippen LogP contribution in [0.5, 0.6) is 0 Å². The normalized spacial score (nSPS) is 16.1. The molecule has 0 N–H and O–H groups in total. The first-order chi connectivity index (χ1) is 7.22. The minimum Gasteiger partial charge on any atom is -0.303 e. The van der Waals surface area contributed by atoms with Gasteiger partial charge >= 0.3 is 0 Å². The van der Waals surface area contributed by atoms with Crippen LogP contribution in [0.1, 0.15) is 42.4 Å². The summed E-state index contributed by atoms with van der Waals surface area (Å²) in [5.41, 5.74) is 3.11. The number of halogens is 1. The summed E-state index contributed by atoms with van der Waals surface area (Å²) < 4.78 is 13.7. The van der Waals surface area contributed by atoms with E-state index in [0.717, 1.165) is 31.1 Å². The van der Waals surface area contributed by atoms with Gasteiger partial charge in [-0.1, -0.05) is 13.0 Å². The zero-order valence-electron chi connectivity index (χ0n) is 8.92. The highest BCUT2D eigenvalue weighted by molar-refractivity contribution is 5.52. The lowest BCUT2D eigenvalue weighted by Crippen LogP contribution is -2.00. The van der Waals surface area contributed by atoms with Crippen molar-refractivity contribution in [2.75, 3.05) is 0 Å². The minimum atomic E-state index is -0.148. The lowest BCUT2D eigenvalue weighted by atomic mass is 9.94. The third-order valence-electron chi connectivity index (χ3n) is 3.19. The molecule has 0 heterocycles. The number of hydrogen-bond acceptors (Lipinski definition) is 1. The number of rotatable bonds is 3. The SMILES string of the molecule is CC(CC=O)c1cc2c(cc1F)CCC2. The molecular weight excluding hydrogens is 191 g/mol. The Hall–Kier alpha value is -1.18. The zero-order chi connectivity index (χ0) is 10.8. The zero-order valence-corrected chi connectivity index (χ0v) is 8.92. The largest absolute Gasteiger partial charge is 0.303 e. The molecule has 0 radical (unpaired) electrons. The molecule has 0 fully saturated rings. The molecule has 0 aliphatic heterocycles. The molecule has 0 bridgehead atoms. The number of benzene rings is 1. The van der Waals surface area contributed by atoms with Crippen LogP contribution >= 0.6 is 0 Å². The van der Waals surface area contributed by atoms with Gasteiger partial charge in [-0.2, -0.15) is 0 Å². The topological polar surface area (TPSA) is 17.1 Å². The van der Waals surface area contributed by atoms with E-state index < -0.39 is 0 Å². The number of carbonyl (C=O) groups is 1. The highest BCUT2D eigenvalue weighted by Crippen LogP contribution is 2.29. The minimum absolute atomic E-state index is 0.00611. The van der Waals surface area contributed by atoms with Crippen molar-refractivity contribution in [3.05, 3.63) is 34.6 Å². The van der Waals surface area contributed by atoms with E-state index in [1.54, 1.807) is 6.07 Å². The summed E-state index contributed by atoms with van der Waals surface area (Å²) in [6, 6.07) is 3.60. The molecule has 1 aromatic rings. The van der Waals surface area contributed by atoms with Gasteiger partial charge in [-0.05, 0) is 47.9 Å². The Bertz CT molecular complexity index is 384. The van der Waals surface area contributed by atoms with Gasteiger partial charge in [-0.25, -0.2) is 4.39 Å². The summed E-state index contributed by atoms with van der Waals surface area (Å²) >= 11 is 0. The highest BCUT2D eigenvalue weighted by Gasteiger charge is 2.17. The van der Waals surface area contributed by atoms with Crippen LogP contribution in [0, 0.1) is 5.82 Å². The van der Waals surface area contributed by atoms with Crippen molar-refractivity contribution in [2.24, 2.45) is 0 Å². The Kier molecular flexibility index (Phi) is 2.85. The fourth-order valence-corrected chi connectivity index (χ4v) is 2.26. The average molecular weight is 206 g/mol. The third-order valence-corrected chi connectivity index (χ3v) is 3.19. The molecule has 0 aromatic heterocycles. The Balaban J connectivity index is 2.35. The van der Waals surface area contributed by atoms with Crippen molar-refractivity contribution in [3.63, 3.8) is 0 Å². The van der Waals surface area contributed by atoms with E-state index in [-0.39, 0.29) is 11.7 Å². The fourth-order valence-electron chi connectivity index (χ4n) is 2.26. The van der Waals surface area contributed by atoms with Crippen molar-refractivity contribution >= 4 is 6.29 Å². The molecule has 0 spiro atoms. The van der Waals surface area contributed by atoms with Crippen LogP contribution in [-0.2, 0) is 17.6 Å². The Morgan fingerprint density at radius 1 is 1.40 bits per heavy atom. The molecule has 0 saturated carbocycles. The van der Waals surface area contributed by atoms with E-state index >= 15 is 0 Å². The standard InChI is InChI=1S/C13H15FO/c1-9(5-6-15)12-7-10-3-2-4-11(10)8-13(12)14/h6-9H,2-5H2,1H3. The van der Waals surface area contributed by atoms with Crippen molar-refractivity contribution in [2.45, 2.75) is 38.5 Å². The molecule has 1 atom stereocenters. The van der Waals surface area contributed by atoms with Crippen molar-refractivity contribution in [1.29, 1.82) is 0 Å². The molecular formula is C13H15FO. The van der Waals surface area contributed by atoms with Crippen LogP contribution in [0.25, 0.3) is 0 Å². The maximum absolute atomic E-state index is 13.7. The van der Waals surface area contributed by atoms with Gasteiger partial charge in [0.1, 0.15) is 12.1 Å². The van der Waals surface area contributed by atoms with Crippen LogP contribution in [0.3, 0.4) is 0 Å². The van der Waals surface area contributed by atoms with E-state index in [1.807, 2.05) is 13.0 Å². The fraction of sp³-hybridized carbons (Fsp3) is 0.462. The monoisotopic (exact) mass is 206 g/mol. The third kappa shape index (κ3) is 1.94. The summed E-state index contributed by atoms with van der Waals surface area (Å²) in [7, 11) is 0. The van der Waals surface area contributed by atoms with Gasteiger partial charge in [-0.15, -0.1) is 0 Å². The molecule has 1 aliphatic carbocycles. The first-order valence-electron chi connectivity index (χ1n) is 5.47. The van der Waals surface area contributed by atoms with Crippen molar-refractivity contribution < 1.29 is 9.18 Å². The summed E-state index contributed by atoms with van der Waals surface area (Å²) in [5, 5.41) is 0. The van der Waals surface area contributed by atoms with Gasteiger partial charge in [0.15, 0.2) is 0 Å². The Morgan fingerprint density at radius 3 is 2.73 bits per heavy atom. The second kappa shape index (κ2) is 4.13. The van der Waals surface area contributed by atoms with Gasteiger partial charge in [0.05, 0.1) is 0 Å². The van der Waals surface area contributed by atoms with E-state index in [4.69, 9.17) is 0 Å². The maximum Gasteiger partial charge on any atom is 0.126 e. The molecule has 15 heavy (non-hydrogen) atoms. The molecule has 0 amide bonds. The predicted octanol–water partition coefficient (Wildman–Crippen LogP) is 3.01. The van der Waals surface area contributed by atoms with E-state index in [1.165, 1.54) is 5.56 Å². The molecule has 2 heteroatoms. The van der Waals surface area contributed by atoms with Crippen molar-refractivity contribution in [3.8, 4) is 0 Å². The number of hydrogen-bond donors (Lipinski definition) is 0. The molecule has 80 valence electrons. The van der Waals surface area contributed by atoms with Gasteiger partial charge in [0.25, 0.3) is 0 Å². The Labute approximate surface area is 89.3 Å². The number of aryl methyl sites for hydroxylation is 2. The van der Waals surface area contributed by atoms with Crippen molar-refractivity contribution in [1.82, 2.24) is 0 Å². The number of carbonyl (C=O) groups excluding carboxylic acids is 1. The van der Waals surface area contributed by atoms with E-state index in [0.29, 0.717) is 12.0 Å². The highest BCUT2D eigenvalue weighted by atomic mass is 19.1. The molecule has 1 aliphatic rings. The lowest BCUT2D eigenvalue weighted by molar-refractivity contribution is -0.108. The second-order valence-corrected chi connectivity index (χ2v) is 4.30. The Morgan fingerprint density at radius 2 is 2.07 bits per heavy atom. The number of fused-ring (bicyclic) bond motifs is 1. The van der Waals surface area contributed by atoms with Gasteiger partial charge < -0.3 is 4.79 Å². The van der Waals surface area contributed by atoms with Gasteiger partial charge in [0.2, 0.25) is 0 Å². The van der Waals surface area contributed by atoms with Crippen LogP contribution < -0.4 is 0 Å². The van der Waals surface area contributed by atoms with Crippen LogP contribution in [0.2, 0.25) is 0 Å². The lowest BCUT2D eigenvalue weighted by Gasteiger charge is -2.11. The number of aldehydes is 1. The van der Waals surface area contributed by atoms with Gasteiger partial charge in [-0.3, -0.25) is 0 Å².